The number of nitro groups is 2. The van der Waals surface area contributed by atoms with E-state index < -0.39 is 25.4 Å². The zero-order valence-corrected chi connectivity index (χ0v) is 15.8. The summed E-state index contributed by atoms with van der Waals surface area (Å²) in [5.41, 5.74) is 0.284. The Labute approximate surface area is 161 Å². The zero-order valence-electron chi connectivity index (χ0n) is 15.0. The van der Waals surface area contributed by atoms with Gasteiger partial charge >= 0.3 is 5.69 Å². The predicted molar refractivity (Wildman–Crippen MR) is 104 cm³/mol. The van der Waals surface area contributed by atoms with Crippen LogP contribution in [0.5, 0.6) is 0 Å². The van der Waals surface area contributed by atoms with Gasteiger partial charge in [-0.25, -0.2) is 8.42 Å². The highest BCUT2D eigenvalue weighted by molar-refractivity contribution is 7.90. The van der Waals surface area contributed by atoms with Gasteiger partial charge in [-0.3, -0.25) is 20.2 Å². The fraction of sp³-hybridized carbons (Fsp3) is 0.294. The molecule has 1 fully saturated rings. The van der Waals surface area contributed by atoms with Crippen molar-refractivity contribution < 1.29 is 18.3 Å². The number of sulfone groups is 1. The van der Waals surface area contributed by atoms with E-state index in [1.165, 1.54) is 24.3 Å². The standard InChI is InChI=1S/C17H18N4O6S/c1-28(26,27)16-8-4-7-15(17(16)21(24)25)19-11-9-18(10-12-19)13-5-2-3-6-14(13)20(22)23/h2-8H,9-12H2,1H3. The van der Waals surface area contributed by atoms with Crippen LogP contribution in [0.4, 0.5) is 22.7 Å². The topological polar surface area (TPSA) is 127 Å². The lowest BCUT2D eigenvalue weighted by atomic mass is 10.2. The third kappa shape index (κ3) is 3.74. The first-order chi connectivity index (χ1) is 13.2. The van der Waals surface area contributed by atoms with E-state index in [0.29, 0.717) is 31.9 Å². The molecule has 3 rings (SSSR count). The molecule has 0 unspecified atom stereocenters. The van der Waals surface area contributed by atoms with Gasteiger partial charge in [0.1, 0.15) is 16.3 Å². The second kappa shape index (κ2) is 7.43. The van der Waals surface area contributed by atoms with Gasteiger partial charge in [0.15, 0.2) is 9.84 Å². The molecule has 1 heterocycles. The Kier molecular flexibility index (Phi) is 5.18. The van der Waals surface area contributed by atoms with Gasteiger partial charge in [-0.05, 0) is 18.2 Å². The van der Waals surface area contributed by atoms with Crippen LogP contribution in [0.15, 0.2) is 47.4 Å². The SMILES string of the molecule is CS(=O)(=O)c1cccc(N2CCN(c3ccccc3[N+](=O)[O-])CC2)c1[N+](=O)[O-]. The van der Waals surface area contributed by atoms with Crippen molar-refractivity contribution in [2.75, 3.05) is 42.2 Å². The van der Waals surface area contributed by atoms with E-state index in [1.54, 1.807) is 23.1 Å². The Morgan fingerprint density at radius 2 is 1.36 bits per heavy atom. The summed E-state index contributed by atoms with van der Waals surface area (Å²) in [5.74, 6) is 0. The van der Waals surface area contributed by atoms with Crippen molar-refractivity contribution >= 4 is 32.6 Å². The Morgan fingerprint density at radius 1 is 0.821 bits per heavy atom. The zero-order chi connectivity index (χ0) is 20.5. The molecule has 0 saturated carbocycles. The van der Waals surface area contributed by atoms with Gasteiger partial charge in [-0.15, -0.1) is 0 Å². The molecule has 0 bridgehead atoms. The van der Waals surface area contributed by atoms with Crippen molar-refractivity contribution in [1.82, 2.24) is 0 Å². The van der Waals surface area contributed by atoms with E-state index in [0.717, 1.165) is 6.26 Å². The van der Waals surface area contributed by atoms with E-state index >= 15 is 0 Å². The second-order valence-corrected chi connectivity index (χ2v) is 8.36. The number of hydrogen-bond donors (Lipinski definition) is 0. The lowest BCUT2D eigenvalue weighted by Gasteiger charge is -2.36. The van der Waals surface area contributed by atoms with Gasteiger partial charge in [-0.1, -0.05) is 18.2 Å². The Hall–Kier alpha value is -3.21. The lowest BCUT2D eigenvalue weighted by molar-refractivity contribution is -0.387. The molecule has 1 aliphatic rings. The molecular weight excluding hydrogens is 388 g/mol. The fourth-order valence-corrected chi connectivity index (χ4v) is 4.18. The molecular formula is C17H18N4O6S. The van der Waals surface area contributed by atoms with Crippen LogP contribution in [-0.2, 0) is 9.84 Å². The summed E-state index contributed by atoms with van der Waals surface area (Å²) in [5, 5.41) is 22.8. The van der Waals surface area contributed by atoms with Crippen molar-refractivity contribution in [3.63, 3.8) is 0 Å². The molecule has 0 radical (unpaired) electrons. The predicted octanol–water partition coefficient (Wildman–Crippen LogP) is 2.23. The summed E-state index contributed by atoms with van der Waals surface area (Å²) >= 11 is 0. The number of hydrogen-bond acceptors (Lipinski definition) is 8. The largest absolute Gasteiger partial charge is 0.362 e. The van der Waals surface area contributed by atoms with Crippen LogP contribution < -0.4 is 9.80 Å². The maximum atomic E-state index is 11.9. The number of nitro benzene ring substituents is 2. The molecule has 11 heteroatoms. The van der Waals surface area contributed by atoms with Crippen LogP contribution >= 0.6 is 0 Å². The molecule has 148 valence electrons. The molecule has 2 aromatic carbocycles. The third-order valence-corrected chi connectivity index (χ3v) is 5.73. The molecule has 0 aromatic heterocycles. The molecule has 1 aliphatic heterocycles. The first kappa shape index (κ1) is 19.5. The van der Waals surface area contributed by atoms with E-state index in [-0.39, 0.29) is 16.3 Å². The molecule has 0 amide bonds. The van der Waals surface area contributed by atoms with Crippen molar-refractivity contribution in [1.29, 1.82) is 0 Å². The number of rotatable bonds is 5. The number of piperazine rings is 1. The second-order valence-electron chi connectivity index (χ2n) is 6.37. The van der Waals surface area contributed by atoms with Crippen LogP contribution in [0, 0.1) is 20.2 Å². The quantitative estimate of drug-likeness (QED) is 0.546. The summed E-state index contributed by atoms with van der Waals surface area (Å²) < 4.78 is 23.9. The summed E-state index contributed by atoms with van der Waals surface area (Å²) in [6.07, 6.45) is 0.936. The first-order valence-corrected chi connectivity index (χ1v) is 10.3. The smallest absolute Gasteiger partial charge is 0.311 e. The molecule has 1 saturated heterocycles. The fourth-order valence-electron chi connectivity index (χ4n) is 3.32. The Balaban J connectivity index is 1.89. The molecule has 10 nitrogen and oxygen atoms in total. The van der Waals surface area contributed by atoms with E-state index in [4.69, 9.17) is 0 Å². The van der Waals surface area contributed by atoms with Crippen molar-refractivity contribution in [2.24, 2.45) is 0 Å². The lowest BCUT2D eigenvalue weighted by Crippen LogP contribution is -2.47. The normalized spacial score (nSPS) is 14.8. The Bertz CT molecular complexity index is 1030. The van der Waals surface area contributed by atoms with Gasteiger partial charge < -0.3 is 9.80 Å². The van der Waals surface area contributed by atoms with Crippen LogP contribution in [0.25, 0.3) is 0 Å². The van der Waals surface area contributed by atoms with Gasteiger partial charge in [0.2, 0.25) is 0 Å². The minimum Gasteiger partial charge on any atom is -0.362 e. The minimum atomic E-state index is -3.76. The number of para-hydroxylation sites is 3. The average molecular weight is 406 g/mol. The van der Waals surface area contributed by atoms with Crippen LogP contribution in [0.2, 0.25) is 0 Å². The van der Waals surface area contributed by atoms with Gasteiger partial charge in [-0.2, -0.15) is 0 Å². The summed E-state index contributed by atoms with van der Waals surface area (Å²) in [6.45, 7) is 1.54. The van der Waals surface area contributed by atoms with E-state index in [9.17, 15) is 28.6 Å². The minimum absolute atomic E-state index is 0.000930. The number of nitrogens with zero attached hydrogens (tertiary/aromatic N) is 4. The maximum Gasteiger partial charge on any atom is 0.311 e. The molecule has 2 aromatic rings. The van der Waals surface area contributed by atoms with Crippen molar-refractivity contribution in [3.8, 4) is 0 Å². The molecule has 0 N–H and O–H groups in total. The van der Waals surface area contributed by atoms with Crippen molar-refractivity contribution in [3.05, 3.63) is 62.7 Å². The van der Waals surface area contributed by atoms with Crippen LogP contribution in [0.3, 0.4) is 0 Å². The highest BCUT2D eigenvalue weighted by atomic mass is 32.2. The highest BCUT2D eigenvalue weighted by Crippen LogP contribution is 2.36. The average Bonchev–Trinajstić information content (AvgIpc) is 2.66. The summed E-state index contributed by atoms with van der Waals surface area (Å²) in [6, 6.07) is 10.6. The van der Waals surface area contributed by atoms with Crippen LogP contribution in [-0.4, -0.2) is 50.7 Å². The molecule has 0 aliphatic carbocycles. The summed E-state index contributed by atoms with van der Waals surface area (Å²) in [7, 11) is -3.76. The third-order valence-electron chi connectivity index (χ3n) is 4.60. The monoisotopic (exact) mass is 406 g/mol. The number of anilines is 2. The van der Waals surface area contributed by atoms with E-state index in [1.807, 2.05) is 4.90 Å². The van der Waals surface area contributed by atoms with Crippen molar-refractivity contribution in [2.45, 2.75) is 4.90 Å². The maximum absolute atomic E-state index is 11.9. The molecule has 0 spiro atoms. The van der Waals surface area contributed by atoms with Gasteiger partial charge in [0, 0.05) is 38.5 Å². The summed E-state index contributed by atoms with van der Waals surface area (Å²) in [4.78, 5) is 24.9. The first-order valence-electron chi connectivity index (χ1n) is 8.41. The van der Waals surface area contributed by atoms with Gasteiger partial charge in [0.05, 0.1) is 9.85 Å². The van der Waals surface area contributed by atoms with Crippen LogP contribution in [0.1, 0.15) is 0 Å². The van der Waals surface area contributed by atoms with Gasteiger partial charge in [0.25, 0.3) is 5.69 Å². The highest BCUT2D eigenvalue weighted by Gasteiger charge is 2.31. The molecule has 28 heavy (non-hydrogen) atoms. The molecule has 0 atom stereocenters. The Morgan fingerprint density at radius 3 is 1.89 bits per heavy atom. The number of benzene rings is 2. The van der Waals surface area contributed by atoms with E-state index in [2.05, 4.69) is 0 Å².